The Morgan fingerprint density at radius 1 is 1.26 bits per heavy atom. The molecule has 3 rings (SSSR count). The second kappa shape index (κ2) is 5.65. The van der Waals surface area contributed by atoms with Crippen molar-refractivity contribution < 1.29 is 0 Å². The molecule has 1 N–H and O–H groups in total. The van der Waals surface area contributed by atoms with E-state index in [9.17, 15) is 0 Å². The summed E-state index contributed by atoms with van der Waals surface area (Å²) >= 11 is 1.96. The first-order chi connectivity index (χ1) is 9.20. The zero-order chi connectivity index (χ0) is 13.3. The van der Waals surface area contributed by atoms with Crippen LogP contribution in [0.4, 0.5) is 0 Å². The Hall–Kier alpha value is -0.220. The molecule has 3 aliphatic rings. The van der Waals surface area contributed by atoms with E-state index in [1.54, 1.807) is 0 Å². The SMILES string of the molecule is CN(C)C1(CN=C2NC3CCCCC3CS2)CCC1. The first kappa shape index (κ1) is 13.7. The van der Waals surface area contributed by atoms with Crippen molar-refractivity contribution in [3.63, 3.8) is 0 Å². The van der Waals surface area contributed by atoms with E-state index in [0.717, 1.165) is 12.5 Å². The van der Waals surface area contributed by atoms with E-state index in [0.29, 0.717) is 11.6 Å². The van der Waals surface area contributed by atoms with Gasteiger partial charge >= 0.3 is 0 Å². The average Bonchev–Trinajstić information content (AvgIpc) is 2.37. The number of likely N-dealkylation sites (N-methyl/N-ethyl adjacent to an activating group) is 1. The molecule has 1 aliphatic heterocycles. The molecule has 1 heterocycles. The number of amidine groups is 1. The summed E-state index contributed by atoms with van der Waals surface area (Å²) in [6.45, 7) is 0.979. The number of fused-ring (bicyclic) bond motifs is 1. The standard InChI is InChI=1S/C15H27N3S/c1-18(2)15(8-5-9-15)11-16-14-17-13-7-4-3-6-12(13)10-19-14/h12-13H,3-11H2,1-2H3,(H,16,17). The fraction of sp³-hybridized carbons (Fsp3) is 0.933. The van der Waals surface area contributed by atoms with Crippen molar-refractivity contribution in [1.29, 1.82) is 0 Å². The molecular weight excluding hydrogens is 254 g/mol. The quantitative estimate of drug-likeness (QED) is 0.862. The summed E-state index contributed by atoms with van der Waals surface area (Å²) < 4.78 is 0. The van der Waals surface area contributed by atoms with Crippen LogP contribution in [0.1, 0.15) is 44.9 Å². The topological polar surface area (TPSA) is 27.6 Å². The predicted molar refractivity (Wildman–Crippen MR) is 83.9 cm³/mol. The van der Waals surface area contributed by atoms with Gasteiger partial charge in [0.1, 0.15) is 0 Å². The maximum Gasteiger partial charge on any atom is 0.156 e. The highest BCUT2D eigenvalue weighted by atomic mass is 32.2. The summed E-state index contributed by atoms with van der Waals surface area (Å²) in [5.74, 6) is 2.18. The lowest BCUT2D eigenvalue weighted by molar-refractivity contribution is 0.0700. The van der Waals surface area contributed by atoms with E-state index >= 15 is 0 Å². The highest BCUT2D eigenvalue weighted by Gasteiger charge is 2.39. The van der Waals surface area contributed by atoms with Crippen molar-refractivity contribution in [2.45, 2.75) is 56.5 Å². The maximum atomic E-state index is 4.92. The zero-order valence-corrected chi connectivity index (χ0v) is 13.1. The van der Waals surface area contributed by atoms with Crippen molar-refractivity contribution >= 4 is 16.9 Å². The fourth-order valence-corrected chi connectivity index (χ4v) is 4.79. The summed E-state index contributed by atoms with van der Waals surface area (Å²) in [4.78, 5) is 7.30. The Morgan fingerprint density at radius 2 is 2.05 bits per heavy atom. The molecule has 0 aromatic heterocycles. The molecule has 3 fully saturated rings. The third kappa shape index (κ3) is 2.80. The third-order valence-corrected chi connectivity index (χ3v) is 6.52. The molecule has 0 aromatic rings. The number of hydrogen-bond donors (Lipinski definition) is 1. The normalized spacial score (nSPS) is 35.6. The van der Waals surface area contributed by atoms with Gasteiger partial charge in [-0.3, -0.25) is 4.99 Å². The van der Waals surface area contributed by atoms with E-state index in [-0.39, 0.29) is 0 Å². The van der Waals surface area contributed by atoms with E-state index in [1.165, 1.54) is 55.9 Å². The van der Waals surface area contributed by atoms with Gasteiger partial charge < -0.3 is 10.2 Å². The zero-order valence-electron chi connectivity index (χ0n) is 12.3. The van der Waals surface area contributed by atoms with Crippen LogP contribution in [0.5, 0.6) is 0 Å². The molecule has 108 valence electrons. The van der Waals surface area contributed by atoms with Gasteiger partial charge in [0.05, 0.1) is 6.54 Å². The van der Waals surface area contributed by atoms with E-state index in [4.69, 9.17) is 4.99 Å². The van der Waals surface area contributed by atoms with Gasteiger partial charge in [-0.2, -0.15) is 0 Å². The summed E-state index contributed by atoms with van der Waals surface area (Å²) in [5, 5.41) is 4.93. The van der Waals surface area contributed by atoms with Crippen LogP contribution < -0.4 is 5.32 Å². The number of hydrogen-bond acceptors (Lipinski definition) is 3. The lowest BCUT2D eigenvalue weighted by Gasteiger charge is -2.46. The number of nitrogens with zero attached hydrogens (tertiary/aromatic N) is 2. The minimum Gasteiger partial charge on any atom is -0.362 e. The van der Waals surface area contributed by atoms with E-state index in [2.05, 4.69) is 24.3 Å². The Balaban J connectivity index is 1.58. The number of thioether (sulfide) groups is 1. The lowest BCUT2D eigenvalue weighted by atomic mass is 9.76. The maximum absolute atomic E-state index is 4.92. The number of aliphatic imine (C=N–C) groups is 1. The van der Waals surface area contributed by atoms with Crippen molar-refractivity contribution in [1.82, 2.24) is 10.2 Å². The van der Waals surface area contributed by atoms with Gasteiger partial charge in [-0.25, -0.2) is 0 Å². The number of rotatable bonds is 3. The summed E-state index contributed by atoms with van der Waals surface area (Å²) in [5.41, 5.74) is 0.360. The first-order valence-corrected chi connectivity index (χ1v) is 8.79. The largest absolute Gasteiger partial charge is 0.362 e. The Labute approximate surface area is 121 Å². The van der Waals surface area contributed by atoms with Gasteiger partial charge in [0.2, 0.25) is 0 Å². The summed E-state index contributed by atoms with van der Waals surface area (Å²) in [6.07, 6.45) is 9.59. The van der Waals surface area contributed by atoms with Gasteiger partial charge in [-0.05, 0) is 52.1 Å². The first-order valence-electron chi connectivity index (χ1n) is 7.81. The van der Waals surface area contributed by atoms with Crippen LogP contribution in [-0.2, 0) is 0 Å². The van der Waals surface area contributed by atoms with Crippen LogP contribution in [0, 0.1) is 5.92 Å². The molecule has 0 spiro atoms. The molecule has 0 bridgehead atoms. The van der Waals surface area contributed by atoms with E-state index in [1.807, 2.05) is 11.8 Å². The summed E-state index contributed by atoms with van der Waals surface area (Å²) in [6, 6.07) is 0.713. The molecule has 0 amide bonds. The van der Waals surface area contributed by atoms with Crippen molar-refractivity contribution in [3.05, 3.63) is 0 Å². The number of nitrogens with one attached hydrogen (secondary N) is 1. The molecule has 19 heavy (non-hydrogen) atoms. The molecule has 2 saturated carbocycles. The Kier molecular flexibility index (Phi) is 4.08. The molecule has 2 atom stereocenters. The fourth-order valence-electron chi connectivity index (χ4n) is 3.63. The Morgan fingerprint density at radius 3 is 2.74 bits per heavy atom. The van der Waals surface area contributed by atoms with Gasteiger partial charge in [-0.15, -0.1) is 0 Å². The molecule has 1 saturated heterocycles. The molecule has 0 radical (unpaired) electrons. The van der Waals surface area contributed by atoms with Crippen molar-refractivity contribution in [3.8, 4) is 0 Å². The van der Waals surface area contributed by atoms with Gasteiger partial charge in [0.15, 0.2) is 5.17 Å². The lowest BCUT2D eigenvalue weighted by Crippen LogP contribution is -2.53. The van der Waals surface area contributed by atoms with Crippen molar-refractivity contribution in [2.24, 2.45) is 10.9 Å². The van der Waals surface area contributed by atoms with Crippen LogP contribution in [0.2, 0.25) is 0 Å². The molecule has 0 aromatic carbocycles. The smallest absolute Gasteiger partial charge is 0.156 e. The monoisotopic (exact) mass is 281 g/mol. The molecule has 2 aliphatic carbocycles. The molecule has 4 heteroatoms. The highest BCUT2D eigenvalue weighted by Crippen LogP contribution is 2.37. The second-order valence-electron chi connectivity index (χ2n) is 6.70. The van der Waals surface area contributed by atoms with Crippen LogP contribution in [0.15, 0.2) is 4.99 Å². The van der Waals surface area contributed by atoms with E-state index < -0.39 is 0 Å². The van der Waals surface area contributed by atoms with Gasteiger partial charge in [-0.1, -0.05) is 24.6 Å². The average molecular weight is 281 g/mol. The second-order valence-corrected chi connectivity index (χ2v) is 7.71. The minimum atomic E-state index is 0.360. The molecule has 3 nitrogen and oxygen atoms in total. The molecule has 2 unspecified atom stereocenters. The predicted octanol–water partition coefficient (Wildman–Crippen LogP) is 2.72. The van der Waals surface area contributed by atoms with Crippen molar-refractivity contribution in [2.75, 3.05) is 26.4 Å². The van der Waals surface area contributed by atoms with Gasteiger partial charge in [0, 0.05) is 17.3 Å². The molecular formula is C15H27N3S. The highest BCUT2D eigenvalue weighted by molar-refractivity contribution is 8.13. The van der Waals surface area contributed by atoms with Crippen LogP contribution >= 0.6 is 11.8 Å². The minimum absolute atomic E-state index is 0.360. The van der Waals surface area contributed by atoms with Crippen LogP contribution in [-0.4, -0.2) is 48.0 Å². The third-order valence-electron chi connectivity index (χ3n) is 5.40. The Bertz CT molecular complexity index is 349. The van der Waals surface area contributed by atoms with Gasteiger partial charge in [0.25, 0.3) is 0 Å². The summed E-state index contributed by atoms with van der Waals surface area (Å²) in [7, 11) is 4.41. The van der Waals surface area contributed by atoms with Crippen LogP contribution in [0.25, 0.3) is 0 Å². The van der Waals surface area contributed by atoms with Crippen LogP contribution in [0.3, 0.4) is 0 Å².